The Morgan fingerprint density at radius 3 is 2.89 bits per heavy atom. The number of nitrogens with zero attached hydrogens (tertiary/aromatic N) is 1. The number of halogens is 2. The summed E-state index contributed by atoms with van der Waals surface area (Å²) in [6.07, 6.45) is 9.01. The zero-order valence-corrected chi connectivity index (χ0v) is 15.7. The second-order valence-corrected chi connectivity index (χ2v) is 7.72. The molecule has 0 saturated heterocycles. The molecule has 0 bridgehead atoms. The fraction of sp³-hybridized carbons (Fsp3) is 0.429. The molecule has 0 aromatic heterocycles. The normalized spacial score (nSPS) is 26.2. The van der Waals surface area contributed by atoms with Crippen LogP contribution in [0.25, 0.3) is 0 Å². The van der Waals surface area contributed by atoms with Crippen LogP contribution in [0.3, 0.4) is 0 Å². The maximum Gasteiger partial charge on any atom is 0.274 e. The number of carbonyl (C=O) groups excluding carboxylic acids is 2. The molecule has 0 spiro atoms. The molecule has 2 N–H and O–H groups in total. The van der Waals surface area contributed by atoms with Crippen molar-refractivity contribution in [2.45, 2.75) is 25.7 Å². The third-order valence-electron chi connectivity index (χ3n) is 5.99. The van der Waals surface area contributed by atoms with Gasteiger partial charge in [-0.05, 0) is 49.7 Å². The molecule has 1 saturated carbocycles. The van der Waals surface area contributed by atoms with Gasteiger partial charge in [0.15, 0.2) is 11.6 Å². The van der Waals surface area contributed by atoms with Gasteiger partial charge in [-0.2, -0.15) is 0 Å². The van der Waals surface area contributed by atoms with E-state index in [1.807, 2.05) is 12.2 Å². The summed E-state index contributed by atoms with van der Waals surface area (Å²) in [6, 6.07) is 4.06. The van der Waals surface area contributed by atoms with Crippen molar-refractivity contribution in [3.63, 3.8) is 0 Å². The fourth-order valence-corrected chi connectivity index (χ4v) is 4.23. The summed E-state index contributed by atoms with van der Waals surface area (Å²) >= 11 is 0. The van der Waals surface area contributed by atoms with Gasteiger partial charge in [0.05, 0.1) is 5.69 Å². The Balaban J connectivity index is 1.67. The monoisotopic (exact) mass is 390 g/mol. The van der Waals surface area contributed by atoms with Gasteiger partial charge in [0, 0.05) is 24.6 Å². The molecule has 0 aliphatic heterocycles. The topological polar surface area (TPSA) is 69.6 Å². The largest absolute Gasteiger partial charge is 0.372 e. The minimum absolute atomic E-state index is 0.130. The van der Waals surface area contributed by atoms with Crippen LogP contribution in [0.1, 0.15) is 25.7 Å². The summed E-state index contributed by atoms with van der Waals surface area (Å²) < 4.78 is 27.5. The van der Waals surface area contributed by atoms with Gasteiger partial charge in [-0.25, -0.2) is 14.3 Å². The lowest BCUT2D eigenvalue weighted by atomic mass is 9.63. The molecule has 1 aromatic rings. The molecule has 2 unspecified atom stereocenters. The number of carbonyl (C=O) groups is 2. The smallest absolute Gasteiger partial charge is 0.274 e. The first-order valence-corrected chi connectivity index (χ1v) is 9.35. The summed E-state index contributed by atoms with van der Waals surface area (Å²) in [5.74, 6) is -2.05. The molecule has 1 aromatic carbocycles. The van der Waals surface area contributed by atoms with E-state index in [0.717, 1.165) is 18.8 Å². The number of aldehydes is 1. The van der Waals surface area contributed by atoms with E-state index < -0.39 is 23.0 Å². The first-order chi connectivity index (χ1) is 13.4. The fourth-order valence-electron chi connectivity index (χ4n) is 4.23. The molecule has 150 valence electrons. The van der Waals surface area contributed by atoms with Crippen molar-refractivity contribution in [2.75, 3.05) is 18.5 Å². The predicted octanol–water partition coefficient (Wildman–Crippen LogP) is 3.39. The van der Waals surface area contributed by atoms with Crippen LogP contribution in [-0.4, -0.2) is 31.0 Å². The van der Waals surface area contributed by atoms with Crippen LogP contribution in [0.5, 0.6) is 0 Å². The number of hydrogen-bond acceptors (Lipinski definition) is 4. The van der Waals surface area contributed by atoms with Crippen molar-refractivity contribution in [3.05, 3.63) is 53.6 Å². The summed E-state index contributed by atoms with van der Waals surface area (Å²) in [4.78, 5) is 25.2. The van der Waals surface area contributed by atoms with Gasteiger partial charge in [0.2, 0.25) is 0 Å². The summed E-state index contributed by atoms with van der Waals surface area (Å²) in [5, 5.41) is 8.78. The van der Waals surface area contributed by atoms with Crippen LogP contribution in [0.2, 0.25) is 0 Å². The van der Waals surface area contributed by atoms with Gasteiger partial charge >= 0.3 is 0 Å². The number of hydrogen-bond donors (Lipinski definition) is 2. The number of fused-ring (bicyclic) bond motifs is 1. The van der Waals surface area contributed by atoms with E-state index >= 15 is 0 Å². The lowest BCUT2D eigenvalue weighted by molar-refractivity contribution is -0.125. The first kappa shape index (κ1) is 20.2. The third kappa shape index (κ3) is 3.99. The molecule has 0 heterocycles. The second kappa shape index (κ2) is 8.22. The predicted molar refractivity (Wildman–Crippen MR) is 101 cm³/mol. The molecule has 7 heteroatoms. The molecular formula is C21H24F2N2O3. The van der Waals surface area contributed by atoms with Crippen molar-refractivity contribution in [3.8, 4) is 0 Å². The summed E-state index contributed by atoms with van der Waals surface area (Å²) in [6.45, 7) is 0.425. The highest BCUT2D eigenvalue weighted by Gasteiger charge is 2.40. The van der Waals surface area contributed by atoms with E-state index in [1.165, 1.54) is 12.1 Å². The number of amides is 1. The minimum atomic E-state index is -0.892. The SMILES string of the molecule is CN(CC[C@@]1(C=O)CCC2C=C(C(=O)NO)C=CC2C1)c1cccc(F)c1F. The molecule has 3 rings (SSSR count). The Morgan fingerprint density at radius 1 is 1.39 bits per heavy atom. The Bertz CT molecular complexity index is 824. The zero-order valence-electron chi connectivity index (χ0n) is 15.7. The van der Waals surface area contributed by atoms with Crippen LogP contribution >= 0.6 is 0 Å². The highest BCUT2D eigenvalue weighted by atomic mass is 19.2. The van der Waals surface area contributed by atoms with E-state index in [9.17, 15) is 18.4 Å². The highest BCUT2D eigenvalue weighted by Crippen LogP contribution is 2.46. The van der Waals surface area contributed by atoms with Gasteiger partial charge in [-0.3, -0.25) is 10.0 Å². The summed E-state index contributed by atoms with van der Waals surface area (Å²) in [7, 11) is 1.69. The number of nitrogens with one attached hydrogen (secondary N) is 1. The lowest BCUT2D eigenvalue weighted by Gasteiger charge is -2.41. The van der Waals surface area contributed by atoms with E-state index in [4.69, 9.17) is 5.21 Å². The van der Waals surface area contributed by atoms with Crippen molar-refractivity contribution in [1.82, 2.24) is 5.48 Å². The molecule has 0 radical (unpaired) electrons. The standard InChI is InChI=1S/C21H24F2N2O3/c1-25(18-4-2-3-17(22)19(18)23)10-9-21(13-26)8-7-14-11-15(20(27)24-28)5-6-16(14)12-21/h2-6,11,13-14,16,28H,7-10,12H2,1H3,(H,24,27)/t14?,16?,21-/m0/s1. The van der Waals surface area contributed by atoms with Crippen LogP contribution in [0.4, 0.5) is 14.5 Å². The Kier molecular flexibility index (Phi) is 5.93. The highest BCUT2D eigenvalue weighted by molar-refractivity contribution is 5.95. The van der Waals surface area contributed by atoms with Gasteiger partial charge in [-0.1, -0.05) is 24.3 Å². The number of rotatable bonds is 6. The Hall–Kier alpha value is -2.54. The van der Waals surface area contributed by atoms with E-state index in [-0.39, 0.29) is 17.5 Å². The van der Waals surface area contributed by atoms with Crippen LogP contribution < -0.4 is 10.4 Å². The number of benzene rings is 1. The van der Waals surface area contributed by atoms with Gasteiger partial charge in [0.25, 0.3) is 5.91 Å². The first-order valence-electron chi connectivity index (χ1n) is 9.35. The van der Waals surface area contributed by atoms with E-state index in [0.29, 0.717) is 31.4 Å². The van der Waals surface area contributed by atoms with Crippen LogP contribution in [0.15, 0.2) is 42.0 Å². The maximum absolute atomic E-state index is 14.0. The second-order valence-electron chi connectivity index (χ2n) is 7.72. The molecule has 1 fully saturated rings. The minimum Gasteiger partial charge on any atom is -0.372 e. The summed E-state index contributed by atoms with van der Waals surface area (Å²) in [5.41, 5.74) is 1.70. The molecule has 5 nitrogen and oxygen atoms in total. The number of allylic oxidation sites excluding steroid dienone is 2. The lowest BCUT2D eigenvalue weighted by Crippen LogP contribution is -2.38. The van der Waals surface area contributed by atoms with Crippen molar-refractivity contribution >= 4 is 17.9 Å². The number of anilines is 1. The van der Waals surface area contributed by atoms with Crippen molar-refractivity contribution < 1.29 is 23.6 Å². The maximum atomic E-state index is 14.0. The quantitative estimate of drug-likeness (QED) is 0.444. The number of hydroxylamine groups is 1. The molecule has 2 aliphatic carbocycles. The van der Waals surface area contributed by atoms with Gasteiger partial charge in [-0.15, -0.1) is 0 Å². The van der Waals surface area contributed by atoms with Gasteiger partial charge in [0.1, 0.15) is 6.29 Å². The Morgan fingerprint density at radius 2 is 2.18 bits per heavy atom. The van der Waals surface area contributed by atoms with Crippen molar-refractivity contribution in [2.24, 2.45) is 17.3 Å². The molecule has 28 heavy (non-hydrogen) atoms. The zero-order chi connectivity index (χ0) is 20.3. The van der Waals surface area contributed by atoms with Gasteiger partial charge < -0.3 is 9.69 Å². The third-order valence-corrected chi connectivity index (χ3v) is 5.99. The molecule has 2 aliphatic rings. The molecule has 3 atom stereocenters. The van der Waals surface area contributed by atoms with Crippen LogP contribution in [-0.2, 0) is 9.59 Å². The molecular weight excluding hydrogens is 366 g/mol. The van der Waals surface area contributed by atoms with Crippen molar-refractivity contribution in [1.29, 1.82) is 0 Å². The average Bonchev–Trinajstić information content (AvgIpc) is 2.72. The van der Waals surface area contributed by atoms with E-state index in [1.54, 1.807) is 23.5 Å². The Labute approximate surface area is 162 Å². The average molecular weight is 390 g/mol. The van der Waals surface area contributed by atoms with E-state index in [2.05, 4.69) is 0 Å². The van der Waals surface area contributed by atoms with Crippen LogP contribution in [0, 0.1) is 28.9 Å². The molecule has 1 amide bonds.